The van der Waals surface area contributed by atoms with E-state index in [0.717, 1.165) is 6.07 Å². The fourth-order valence-electron chi connectivity index (χ4n) is 1.11. The molecule has 0 saturated carbocycles. The van der Waals surface area contributed by atoms with Crippen LogP contribution in [0.15, 0.2) is 18.2 Å². The molecule has 1 rings (SSSR count). The summed E-state index contributed by atoms with van der Waals surface area (Å²) in [6, 6.07) is 3.27. The Morgan fingerprint density at radius 1 is 1.50 bits per heavy atom. The number of benzene rings is 1. The van der Waals surface area contributed by atoms with Crippen LogP contribution in [0, 0.1) is 0 Å². The minimum Gasteiger partial charge on any atom is -0.478 e. The second-order valence-electron chi connectivity index (χ2n) is 2.91. The summed E-state index contributed by atoms with van der Waals surface area (Å²) in [5.74, 6) is -1.35. The monoisotopic (exact) mass is 232 g/mol. The molecular weight excluding hydrogens is 222 g/mol. The van der Waals surface area contributed by atoms with Crippen LogP contribution in [0.25, 0.3) is 0 Å². The number of aromatic carboxylic acids is 1. The van der Waals surface area contributed by atoms with Crippen molar-refractivity contribution in [1.29, 1.82) is 0 Å². The molecule has 6 heteroatoms. The third-order valence-electron chi connectivity index (χ3n) is 1.82. The van der Waals surface area contributed by atoms with E-state index in [1.807, 2.05) is 0 Å². The van der Waals surface area contributed by atoms with Gasteiger partial charge in [-0.05, 0) is 18.2 Å². The van der Waals surface area contributed by atoms with Crippen molar-refractivity contribution < 1.29 is 28.2 Å². The van der Waals surface area contributed by atoms with Gasteiger partial charge in [0.1, 0.15) is 5.75 Å². The van der Waals surface area contributed by atoms with Crippen molar-refractivity contribution in [3.8, 4) is 5.75 Å². The smallest absolute Gasteiger partial charge is 0.335 e. The molecule has 0 atom stereocenters. The van der Waals surface area contributed by atoms with E-state index in [1.165, 1.54) is 19.2 Å². The van der Waals surface area contributed by atoms with Gasteiger partial charge in [-0.25, -0.2) is 13.6 Å². The van der Waals surface area contributed by atoms with E-state index in [4.69, 9.17) is 9.84 Å². The summed E-state index contributed by atoms with van der Waals surface area (Å²) in [6.45, 7) is -0.174. The number of hydrogen-bond donors (Lipinski definition) is 1. The summed E-state index contributed by atoms with van der Waals surface area (Å²) >= 11 is 0. The van der Waals surface area contributed by atoms with Gasteiger partial charge in [-0.1, -0.05) is 0 Å². The van der Waals surface area contributed by atoms with E-state index < -0.39 is 18.0 Å². The molecule has 0 saturated heterocycles. The van der Waals surface area contributed by atoms with Crippen LogP contribution in [0.4, 0.5) is 8.78 Å². The van der Waals surface area contributed by atoms with E-state index in [9.17, 15) is 13.6 Å². The Hall–Kier alpha value is -1.69. The molecule has 0 heterocycles. The summed E-state index contributed by atoms with van der Waals surface area (Å²) in [5, 5.41) is 8.65. The zero-order valence-electron chi connectivity index (χ0n) is 8.44. The van der Waals surface area contributed by atoms with E-state index in [1.54, 1.807) is 0 Å². The molecule has 0 amide bonds. The molecule has 0 spiro atoms. The maximum Gasteiger partial charge on any atom is 0.335 e. The first-order valence-electron chi connectivity index (χ1n) is 4.33. The molecule has 0 aliphatic heterocycles. The maximum absolute atomic E-state index is 12.6. The first-order valence-corrected chi connectivity index (χ1v) is 4.33. The topological polar surface area (TPSA) is 55.8 Å². The summed E-state index contributed by atoms with van der Waals surface area (Å²) in [6.07, 6.45) is -2.80. The summed E-state index contributed by atoms with van der Waals surface area (Å²) in [4.78, 5) is 10.6. The van der Waals surface area contributed by atoms with Gasteiger partial charge in [0.15, 0.2) is 6.79 Å². The lowest BCUT2D eigenvalue weighted by Gasteiger charge is -2.10. The highest BCUT2D eigenvalue weighted by atomic mass is 19.3. The Bertz CT molecular complexity index is 379. The zero-order chi connectivity index (χ0) is 12.1. The fourth-order valence-corrected chi connectivity index (χ4v) is 1.11. The van der Waals surface area contributed by atoms with Gasteiger partial charge in [-0.15, -0.1) is 0 Å². The molecule has 0 aliphatic rings. The van der Waals surface area contributed by atoms with E-state index in [0.29, 0.717) is 0 Å². The molecule has 0 unspecified atom stereocenters. The first kappa shape index (κ1) is 12.4. The lowest BCUT2D eigenvalue weighted by Crippen LogP contribution is -2.04. The molecule has 0 aromatic heterocycles. The molecule has 16 heavy (non-hydrogen) atoms. The predicted octanol–water partition coefficient (Wildman–Crippen LogP) is 2.31. The van der Waals surface area contributed by atoms with Crippen LogP contribution >= 0.6 is 0 Å². The second kappa shape index (κ2) is 5.41. The third-order valence-corrected chi connectivity index (χ3v) is 1.82. The molecule has 0 bridgehead atoms. The van der Waals surface area contributed by atoms with Crippen LogP contribution < -0.4 is 4.74 Å². The van der Waals surface area contributed by atoms with Crippen molar-refractivity contribution in [3.63, 3.8) is 0 Å². The van der Waals surface area contributed by atoms with Crippen LogP contribution in [0.3, 0.4) is 0 Å². The molecular formula is C10H10F2O4. The Morgan fingerprint density at radius 3 is 2.69 bits per heavy atom. The summed E-state index contributed by atoms with van der Waals surface area (Å²) < 4.78 is 34.6. The molecule has 1 aromatic carbocycles. The summed E-state index contributed by atoms with van der Waals surface area (Å²) in [7, 11) is 1.35. The molecule has 0 radical (unpaired) electrons. The maximum atomic E-state index is 12.6. The standard InChI is InChI=1S/C10H10F2O4/c1-15-5-16-8-3-2-6(10(13)14)4-7(8)9(11)12/h2-4,9H,5H2,1H3,(H,13,14). The molecule has 1 aromatic rings. The number of methoxy groups -OCH3 is 1. The average molecular weight is 232 g/mol. The lowest BCUT2D eigenvalue weighted by molar-refractivity contribution is 0.0466. The van der Waals surface area contributed by atoms with Gasteiger partial charge in [0, 0.05) is 7.11 Å². The average Bonchev–Trinajstić information content (AvgIpc) is 2.25. The van der Waals surface area contributed by atoms with Crippen molar-refractivity contribution in [2.24, 2.45) is 0 Å². The minimum absolute atomic E-state index is 0.0816. The number of hydrogen-bond acceptors (Lipinski definition) is 3. The van der Waals surface area contributed by atoms with Gasteiger partial charge in [-0.2, -0.15) is 0 Å². The molecule has 88 valence electrons. The summed E-state index contributed by atoms with van der Waals surface area (Å²) in [5.41, 5.74) is -0.669. The largest absolute Gasteiger partial charge is 0.478 e. The van der Waals surface area contributed by atoms with E-state index >= 15 is 0 Å². The third kappa shape index (κ3) is 2.90. The van der Waals surface area contributed by atoms with Crippen molar-refractivity contribution in [2.75, 3.05) is 13.9 Å². The van der Waals surface area contributed by atoms with Gasteiger partial charge in [0.05, 0.1) is 11.1 Å². The lowest BCUT2D eigenvalue weighted by atomic mass is 10.1. The Morgan fingerprint density at radius 2 is 2.19 bits per heavy atom. The van der Waals surface area contributed by atoms with Crippen molar-refractivity contribution in [2.45, 2.75) is 6.43 Å². The van der Waals surface area contributed by atoms with Gasteiger partial charge in [0.2, 0.25) is 0 Å². The van der Waals surface area contributed by atoms with Crippen molar-refractivity contribution in [3.05, 3.63) is 29.3 Å². The highest BCUT2D eigenvalue weighted by molar-refractivity contribution is 5.88. The fraction of sp³-hybridized carbons (Fsp3) is 0.300. The Kier molecular flexibility index (Phi) is 4.19. The van der Waals surface area contributed by atoms with Crippen molar-refractivity contribution >= 4 is 5.97 Å². The zero-order valence-corrected chi connectivity index (χ0v) is 8.44. The van der Waals surface area contributed by atoms with Gasteiger partial charge in [0.25, 0.3) is 6.43 Å². The molecule has 1 N–H and O–H groups in total. The quantitative estimate of drug-likeness (QED) is 0.791. The minimum atomic E-state index is -2.80. The number of alkyl halides is 2. The second-order valence-corrected chi connectivity index (χ2v) is 2.91. The van der Waals surface area contributed by atoms with Crippen LogP contribution in [0.5, 0.6) is 5.75 Å². The number of carboxylic acids is 1. The normalized spacial score (nSPS) is 10.5. The van der Waals surface area contributed by atoms with Gasteiger partial charge in [-0.3, -0.25) is 0 Å². The van der Waals surface area contributed by atoms with Crippen LogP contribution in [0.1, 0.15) is 22.3 Å². The number of carbonyl (C=O) groups is 1. The molecule has 0 aliphatic carbocycles. The highest BCUT2D eigenvalue weighted by Crippen LogP contribution is 2.30. The van der Waals surface area contributed by atoms with E-state index in [2.05, 4.69) is 4.74 Å². The van der Waals surface area contributed by atoms with Crippen LogP contribution in [-0.2, 0) is 4.74 Å². The number of ether oxygens (including phenoxy) is 2. The van der Waals surface area contributed by atoms with Crippen LogP contribution in [0.2, 0.25) is 0 Å². The number of halogens is 2. The SMILES string of the molecule is COCOc1ccc(C(=O)O)cc1C(F)F. The Labute approximate surface area is 90.4 Å². The van der Waals surface area contributed by atoms with Gasteiger partial charge >= 0.3 is 5.97 Å². The Balaban J connectivity index is 3.04. The van der Waals surface area contributed by atoms with Crippen LogP contribution in [-0.4, -0.2) is 25.0 Å². The molecule has 4 nitrogen and oxygen atoms in total. The first-order chi connectivity index (χ1) is 7.56. The molecule has 0 fully saturated rings. The van der Waals surface area contributed by atoms with E-state index in [-0.39, 0.29) is 18.1 Å². The number of rotatable bonds is 5. The predicted molar refractivity (Wildman–Crippen MR) is 50.9 cm³/mol. The van der Waals surface area contributed by atoms with Gasteiger partial charge < -0.3 is 14.6 Å². The highest BCUT2D eigenvalue weighted by Gasteiger charge is 2.17. The van der Waals surface area contributed by atoms with Crippen molar-refractivity contribution in [1.82, 2.24) is 0 Å². The number of carboxylic acid groups (broad SMARTS) is 1.